The first-order valence-electron chi connectivity index (χ1n) is 7.75. The summed E-state index contributed by atoms with van der Waals surface area (Å²) in [6, 6.07) is 15.6. The molecule has 0 fully saturated rings. The molecule has 118 valence electrons. The van der Waals surface area contributed by atoms with Crippen LogP contribution in [-0.2, 0) is 16.9 Å². The number of carbonyl (C=O) groups excluding carboxylic acids is 1. The molecule has 2 aromatic carbocycles. The van der Waals surface area contributed by atoms with E-state index in [9.17, 15) is 9.90 Å². The van der Waals surface area contributed by atoms with Gasteiger partial charge in [-0.25, -0.2) is 0 Å². The summed E-state index contributed by atoms with van der Waals surface area (Å²) >= 11 is 0. The number of aliphatic hydroxyl groups is 1. The van der Waals surface area contributed by atoms with E-state index in [1.807, 2.05) is 62.4 Å². The first-order chi connectivity index (χ1) is 10.9. The molecule has 0 aromatic heterocycles. The van der Waals surface area contributed by atoms with E-state index in [-0.39, 0.29) is 12.3 Å². The molecule has 3 nitrogen and oxygen atoms in total. The van der Waals surface area contributed by atoms with E-state index >= 15 is 0 Å². The zero-order valence-corrected chi connectivity index (χ0v) is 13.5. The maximum Gasteiger partial charge on any atom is 0.264 e. The highest BCUT2D eigenvalue weighted by molar-refractivity contribution is 6.07. The molecule has 3 heteroatoms. The third-order valence-electron chi connectivity index (χ3n) is 4.23. The normalized spacial score (nSPS) is 19.8. The van der Waals surface area contributed by atoms with Gasteiger partial charge in [-0.15, -0.1) is 6.58 Å². The highest BCUT2D eigenvalue weighted by atomic mass is 16.3. The minimum Gasteiger partial charge on any atom is -0.375 e. The van der Waals surface area contributed by atoms with Crippen LogP contribution in [0.4, 0.5) is 5.69 Å². The van der Waals surface area contributed by atoms with Crippen LogP contribution in [0, 0.1) is 6.92 Å². The lowest BCUT2D eigenvalue weighted by molar-refractivity contribution is -0.136. The summed E-state index contributed by atoms with van der Waals surface area (Å²) in [5.41, 5.74) is 2.80. The lowest BCUT2D eigenvalue weighted by Gasteiger charge is -2.23. The molecule has 1 aliphatic heterocycles. The first kappa shape index (κ1) is 15.5. The van der Waals surface area contributed by atoms with Crippen molar-refractivity contribution in [1.29, 1.82) is 0 Å². The van der Waals surface area contributed by atoms with E-state index in [1.54, 1.807) is 4.90 Å². The number of anilines is 1. The van der Waals surface area contributed by atoms with E-state index in [0.717, 1.165) is 22.4 Å². The third kappa shape index (κ3) is 2.68. The van der Waals surface area contributed by atoms with E-state index in [0.29, 0.717) is 12.1 Å². The largest absolute Gasteiger partial charge is 0.375 e. The Morgan fingerprint density at radius 2 is 1.91 bits per heavy atom. The number of nitrogens with zero attached hydrogens (tertiary/aromatic N) is 1. The molecule has 1 atom stereocenters. The zero-order chi connectivity index (χ0) is 16.6. The smallest absolute Gasteiger partial charge is 0.264 e. The minimum atomic E-state index is -1.51. The SMILES string of the molecule is C=C(C)CC1(O)C(=O)N(Cc2ccccc2)c2ccc(C)cc21. The summed E-state index contributed by atoms with van der Waals surface area (Å²) in [5.74, 6) is -0.273. The molecule has 0 saturated carbocycles. The molecule has 1 heterocycles. The Balaban J connectivity index is 2.06. The van der Waals surface area contributed by atoms with Crippen molar-refractivity contribution in [1.82, 2.24) is 0 Å². The van der Waals surface area contributed by atoms with Gasteiger partial charge in [0.25, 0.3) is 5.91 Å². The molecule has 0 aliphatic carbocycles. The molecule has 3 rings (SSSR count). The van der Waals surface area contributed by atoms with Gasteiger partial charge in [0.15, 0.2) is 5.60 Å². The number of benzene rings is 2. The molecule has 1 aliphatic rings. The number of rotatable bonds is 4. The summed E-state index contributed by atoms with van der Waals surface area (Å²) in [6.45, 7) is 8.12. The molecular formula is C20H21NO2. The molecule has 1 N–H and O–H groups in total. The van der Waals surface area contributed by atoms with Gasteiger partial charge in [0.2, 0.25) is 0 Å². The molecule has 0 radical (unpaired) electrons. The van der Waals surface area contributed by atoms with Gasteiger partial charge >= 0.3 is 0 Å². The fourth-order valence-electron chi connectivity index (χ4n) is 3.19. The fourth-order valence-corrected chi connectivity index (χ4v) is 3.19. The summed E-state index contributed by atoms with van der Waals surface area (Å²) in [7, 11) is 0. The molecule has 0 spiro atoms. The van der Waals surface area contributed by atoms with Crippen LogP contribution < -0.4 is 4.90 Å². The quantitative estimate of drug-likeness (QED) is 0.875. The third-order valence-corrected chi connectivity index (χ3v) is 4.23. The van der Waals surface area contributed by atoms with Gasteiger partial charge in [0.1, 0.15) is 0 Å². The highest BCUT2D eigenvalue weighted by Gasteiger charge is 2.49. The monoisotopic (exact) mass is 307 g/mol. The van der Waals surface area contributed by atoms with Crippen LogP contribution in [-0.4, -0.2) is 11.0 Å². The molecule has 2 aromatic rings. The number of hydrogen-bond donors (Lipinski definition) is 1. The van der Waals surface area contributed by atoms with Gasteiger partial charge in [0, 0.05) is 12.0 Å². The Hall–Kier alpha value is -2.39. The Morgan fingerprint density at radius 3 is 2.57 bits per heavy atom. The van der Waals surface area contributed by atoms with Crippen molar-refractivity contribution in [3.8, 4) is 0 Å². The average molecular weight is 307 g/mol. The second-order valence-corrected chi connectivity index (χ2v) is 6.39. The van der Waals surface area contributed by atoms with Crippen LogP contribution in [0.1, 0.15) is 30.0 Å². The average Bonchev–Trinajstić information content (AvgIpc) is 2.70. The lowest BCUT2D eigenvalue weighted by Crippen LogP contribution is -2.40. The fraction of sp³-hybridized carbons (Fsp3) is 0.250. The van der Waals surface area contributed by atoms with Gasteiger partial charge in [0.05, 0.1) is 12.2 Å². The van der Waals surface area contributed by atoms with Crippen molar-refractivity contribution in [3.05, 3.63) is 77.4 Å². The number of aryl methyl sites for hydroxylation is 1. The van der Waals surface area contributed by atoms with Crippen molar-refractivity contribution in [3.63, 3.8) is 0 Å². The van der Waals surface area contributed by atoms with E-state index < -0.39 is 5.60 Å². The van der Waals surface area contributed by atoms with Crippen molar-refractivity contribution < 1.29 is 9.90 Å². The van der Waals surface area contributed by atoms with Crippen molar-refractivity contribution in [2.45, 2.75) is 32.4 Å². The lowest BCUT2D eigenvalue weighted by atomic mass is 9.88. The molecule has 0 bridgehead atoms. The van der Waals surface area contributed by atoms with Gasteiger partial charge in [-0.3, -0.25) is 4.79 Å². The molecule has 1 amide bonds. The van der Waals surface area contributed by atoms with Crippen LogP contribution in [0.2, 0.25) is 0 Å². The Labute approximate surface area is 136 Å². The molecular weight excluding hydrogens is 286 g/mol. The second kappa shape index (κ2) is 5.67. The number of amides is 1. The predicted octanol–water partition coefficient (Wildman–Crippen LogP) is 3.70. The topological polar surface area (TPSA) is 40.5 Å². The maximum atomic E-state index is 13.0. The summed E-state index contributed by atoms with van der Waals surface area (Å²) in [6.07, 6.45) is 0.244. The molecule has 1 unspecified atom stereocenters. The minimum absolute atomic E-state index is 0.244. The molecule has 23 heavy (non-hydrogen) atoms. The van der Waals surface area contributed by atoms with Crippen LogP contribution in [0.25, 0.3) is 0 Å². The molecule has 0 saturated heterocycles. The standard InChI is InChI=1S/C20H21NO2/c1-14(2)12-20(23)17-11-15(3)9-10-18(17)21(19(20)22)13-16-7-5-4-6-8-16/h4-11,23H,1,12-13H2,2-3H3. The zero-order valence-electron chi connectivity index (χ0n) is 13.5. The van der Waals surface area contributed by atoms with Crippen molar-refractivity contribution in [2.75, 3.05) is 4.90 Å². The van der Waals surface area contributed by atoms with Gasteiger partial charge in [-0.05, 0) is 25.5 Å². The van der Waals surface area contributed by atoms with Crippen LogP contribution >= 0.6 is 0 Å². The van der Waals surface area contributed by atoms with Crippen LogP contribution in [0.15, 0.2) is 60.7 Å². The van der Waals surface area contributed by atoms with Crippen molar-refractivity contribution in [2.24, 2.45) is 0 Å². The van der Waals surface area contributed by atoms with E-state index in [4.69, 9.17) is 0 Å². The number of hydrogen-bond acceptors (Lipinski definition) is 2. The Morgan fingerprint density at radius 1 is 1.22 bits per heavy atom. The van der Waals surface area contributed by atoms with Crippen molar-refractivity contribution >= 4 is 11.6 Å². The first-order valence-corrected chi connectivity index (χ1v) is 7.75. The number of carbonyl (C=O) groups is 1. The van der Waals surface area contributed by atoms with E-state index in [1.165, 1.54) is 0 Å². The summed E-state index contributed by atoms with van der Waals surface area (Å²) < 4.78 is 0. The van der Waals surface area contributed by atoms with Gasteiger partial charge in [-0.2, -0.15) is 0 Å². The van der Waals surface area contributed by atoms with Crippen LogP contribution in [0.5, 0.6) is 0 Å². The predicted molar refractivity (Wildman–Crippen MR) is 92.1 cm³/mol. The highest BCUT2D eigenvalue weighted by Crippen LogP contribution is 2.44. The van der Waals surface area contributed by atoms with Gasteiger partial charge in [-0.1, -0.05) is 53.6 Å². The number of fused-ring (bicyclic) bond motifs is 1. The van der Waals surface area contributed by atoms with Crippen LogP contribution in [0.3, 0.4) is 0 Å². The van der Waals surface area contributed by atoms with Gasteiger partial charge < -0.3 is 10.0 Å². The summed E-state index contributed by atoms with van der Waals surface area (Å²) in [4.78, 5) is 14.6. The second-order valence-electron chi connectivity index (χ2n) is 6.39. The van der Waals surface area contributed by atoms with E-state index in [2.05, 4.69) is 6.58 Å². The summed E-state index contributed by atoms with van der Waals surface area (Å²) in [5, 5.41) is 11.1. The Kier molecular flexibility index (Phi) is 3.82. The maximum absolute atomic E-state index is 13.0. The Bertz CT molecular complexity index is 766.